The standard InChI is InChI=1S/C25H22BrNO2/c26-17-9-7-14(8-10-17)23-20-6-2-5-19(20)22-12-16(25(28)29)11-21-18-4-1-3-15(18)13-27(23)24(21)22/h1-2,4-5,7-12,15,18-20,23H,3,6,13H2,(H,28,29)/t15-,18-,19-,20+,23-/m0/s1. The molecule has 0 unspecified atom stereocenters. The van der Waals surface area contributed by atoms with E-state index < -0.39 is 5.97 Å². The minimum Gasteiger partial charge on any atom is -0.478 e. The Bertz CT molecular complexity index is 1050. The van der Waals surface area contributed by atoms with Gasteiger partial charge < -0.3 is 10.0 Å². The highest BCUT2D eigenvalue weighted by molar-refractivity contribution is 9.10. The molecule has 3 nitrogen and oxygen atoms in total. The van der Waals surface area contributed by atoms with Crippen molar-refractivity contribution >= 4 is 27.6 Å². The van der Waals surface area contributed by atoms with Crippen molar-refractivity contribution in [2.45, 2.75) is 30.7 Å². The van der Waals surface area contributed by atoms with Gasteiger partial charge in [0.1, 0.15) is 0 Å². The number of allylic oxidation sites excluding steroid dienone is 4. The Labute approximate surface area is 178 Å². The Morgan fingerprint density at radius 2 is 1.69 bits per heavy atom. The molecule has 4 aliphatic rings. The molecule has 0 radical (unpaired) electrons. The van der Waals surface area contributed by atoms with Gasteiger partial charge in [0.25, 0.3) is 0 Å². The van der Waals surface area contributed by atoms with Gasteiger partial charge in [-0.25, -0.2) is 4.79 Å². The molecule has 0 fully saturated rings. The summed E-state index contributed by atoms with van der Waals surface area (Å²) in [7, 11) is 0. The number of carboxylic acid groups (broad SMARTS) is 1. The molecule has 4 heteroatoms. The Hall–Kier alpha value is -2.33. The zero-order valence-electron chi connectivity index (χ0n) is 16.0. The molecule has 2 aliphatic heterocycles. The summed E-state index contributed by atoms with van der Waals surface area (Å²) in [5.41, 5.74) is 5.51. The first-order chi connectivity index (χ1) is 14.1. The molecule has 2 heterocycles. The minimum absolute atomic E-state index is 0.287. The van der Waals surface area contributed by atoms with E-state index in [9.17, 15) is 9.90 Å². The zero-order valence-corrected chi connectivity index (χ0v) is 17.5. The van der Waals surface area contributed by atoms with Gasteiger partial charge >= 0.3 is 5.97 Å². The van der Waals surface area contributed by atoms with E-state index in [0.29, 0.717) is 29.4 Å². The van der Waals surface area contributed by atoms with Gasteiger partial charge in [-0.1, -0.05) is 52.4 Å². The summed E-state index contributed by atoms with van der Waals surface area (Å²) in [6, 6.07) is 13.0. The fourth-order valence-electron chi connectivity index (χ4n) is 6.14. The molecule has 29 heavy (non-hydrogen) atoms. The first kappa shape index (κ1) is 17.5. The van der Waals surface area contributed by atoms with E-state index in [1.165, 1.54) is 22.4 Å². The van der Waals surface area contributed by atoms with E-state index in [-0.39, 0.29) is 5.92 Å². The summed E-state index contributed by atoms with van der Waals surface area (Å²) >= 11 is 3.58. The Balaban J connectivity index is 1.59. The number of carbonyl (C=O) groups is 1. The topological polar surface area (TPSA) is 40.5 Å². The predicted octanol–water partition coefficient (Wildman–Crippen LogP) is 6.04. The third-order valence-electron chi connectivity index (χ3n) is 7.31. The van der Waals surface area contributed by atoms with E-state index in [0.717, 1.165) is 23.9 Å². The maximum atomic E-state index is 11.9. The molecule has 2 aliphatic carbocycles. The van der Waals surface area contributed by atoms with Gasteiger partial charge in [-0.15, -0.1) is 0 Å². The fraction of sp³-hybridized carbons (Fsp3) is 0.320. The number of hydrogen-bond donors (Lipinski definition) is 1. The van der Waals surface area contributed by atoms with Crippen LogP contribution in [0.5, 0.6) is 0 Å². The number of benzene rings is 2. The van der Waals surface area contributed by atoms with Crippen LogP contribution in [0.3, 0.4) is 0 Å². The second-order valence-corrected chi connectivity index (χ2v) is 9.68. The maximum Gasteiger partial charge on any atom is 0.335 e. The van der Waals surface area contributed by atoms with Gasteiger partial charge in [-0.2, -0.15) is 0 Å². The third-order valence-corrected chi connectivity index (χ3v) is 7.84. The minimum atomic E-state index is -0.826. The Morgan fingerprint density at radius 1 is 1.00 bits per heavy atom. The van der Waals surface area contributed by atoms with Crippen LogP contribution in [0.1, 0.15) is 57.8 Å². The molecule has 146 valence electrons. The van der Waals surface area contributed by atoms with Crippen molar-refractivity contribution in [1.82, 2.24) is 0 Å². The molecule has 0 bridgehead atoms. The Kier molecular flexibility index (Phi) is 3.83. The quantitative estimate of drug-likeness (QED) is 0.570. The normalized spacial score (nSPS) is 30.8. The van der Waals surface area contributed by atoms with Gasteiger partial charge in [0, 0.05) is 28.5 Å². The molecule has 2 aromatic carbocycles. The van der Waals surface area contributed by atoms with Crippen LogP contribution < -0.4 is 4.90 Å². The highest BCUT2D eigenvalue weighted by atomic mass is 79.9. The third kappa shape index (κ3) is 2.51. The molecule has 0 saturated heterocycles. The number of fused-ring (bicyclic) bond motifs is 4. The molecule has 5 atom stereocenters. The van der Waals surface area contributed by atoms with Gasteiger partial charge in [0.05, 0.1) is 11.6 Å². The molecular weight excluding hydrogens is 426 g/mol. The van der Waals surface area contributed by atoms with Crippen LogP contribution in [-0.4, -0.2) is 17.6 Å². The lowest BCUT2D eigenvalue weighted by Gasteiger charge is -2.51. The number of rotatable bonds is 2. The molecular formula is C25H22BrNO2. The lowest BCUT2D eigenvalue weighted by atomic mass is 9.70. The van der Waals surface area contributed by atoms with Crippen LogP contribution in [0.4, 0.5) is 5.69 Å². The van der Waals surface area contributed by atoms with Gasteiger partial charge in [-0.3, -0.25) is 0 Å². The first-order valence-electron chi connectivity index (χ1n) is 10.4. The summed E-state index contributed by atoms with van der Waals surface area (Å²) in [5, 5.41) is 9.77. The van der Waals surface area contributed by atoms with E-state index in [1.54, 1.807) is 0 Å². The van der Waals surface area contributed by atoms with E-state index >= 15 is 0 Å². The highest BCUT2D eigenvalue weighted by Gasteiger charge is 2.48. The number of aromatic carboxylic acids is 1. The molecule has 0 spiro atoms. The summed E-state index contributed by atoms with van der Waals surface area (Å²) in [6.07, 6.45) is 11.3. The summed E-state index contributed by atoms with van der Waals surface area (Å²) < 4.78 is 1.10. The van der Waals surface area contributed by atoms with Crippen molar-refractivity contribution < 1.29 is 9.90 Å². The summed E-state index contributed by atoms with van der Waals surface area (Å²) in [6.45, 7) is 1.04. The zero-order chi connectivity index (χ0) is 19.7. The number of carboxylic acids is 1. The van der Waals surface area contributed by atoms with Crippen LogP contribution >= 0.6 is 15.9 Å². The van der Waals surface area contributed by atoms with Crippen molar-refractivity contribution in [3.63, 3.8) is 0 Å². The van der Waals surface area contributed by atoms with Crippen LogP contribution in [0, 0.1) is 11.8 Å². The SMILES string of the molecule is O=C(O)c1cc2c3c(c1)[C@H]1C=CC[C@H]1[C@H](c1ccc(Br)cc1)N3C[C@@H]1CC=C[C@H]21. The van der Waals surface area contributed by atoms with E-state index in [1.807, 2.05) is 12.1 Å². The van der Waals surface area contributed by atoms with Crippen molar-refractivity contribution in [2.75, 3.05) is 11.4 Å². The first-order valence-corrected chi connectivity index (χ1v) is 11.2. The van der Waals surface area contributed by atoms with Crippen LogP contribution in [0.2, 0.25) is 0 Å². The molecule has 6 rings (SSSR count). The number of halogens is 1. The smallest absolute Gasteiger partial charge is 0.335 e. The van der Waals surface area contributed by atoms with Crippen molar-refractivity contribution in [1.29, 1.82) is 0 Å². The summed E-state index contributed by atoms with van der Waals surface area (Å²) in [5.74, 6) is 0.782. The van der Waals surface area contributed by atoms with Crippen LogP contribution in [0.25, 0.3) is 0 Å². The predicted molar refractivity (Wildman–Crippen MR) is 118 cm³/mol. The van der Waals surface area contributed by atoms with Crippen molar-refractivity contribution in [3.05, 3.63) is 87.4 Å². The average Bonchev–Trinajstić information content (AvgIpc) is 3.38. The molecule has 1 N–H and O–H groups in total. The van der Waals surface area contributed by atoms with E-state index in [4.69, 9.17) is 0 Å². The van der Waals surface area contributed by atoms with Gasteiger partial charge in [0.2, 0.25) is 0 Å². The van der Waals surface area contributed by atoms with Crippen LogP contribution in [0.15, 0.2) is 65.2 Å². The number of nitrogens with zero attached hydrogens (tertiary/aromatic N) is 1. The molecule has 0 aromatic heterocycles. The molecule has 2 aromatic rings. The van der Waals surface area contributed by atoms with Crippen LogP contribution in [-0.2, 0) is 0 Å². The molecule has 0 saturated carbocycles. The lowest BCUT2D eigenvalue weighted by Crippen LogP contribution is -2.46. The average molecular weight is 448 g/mol. The summed E-state index contributed by atoms with van der Waals surface area (Å²) in [4.78, 5) is 14.5. The van der Waals surface area contributed by atoms with Gasteiger partial charge in [0.15, 0.2) is 0 Å². The maximum absolute atomic E-state index is 11.9. The highest BCUT2D eigenvalue weighted by Crippen LogP contribution is 2.58. The van der Waals surface area contributed by atoms with Crippen molar-refractivity contribution in [2.24, 2.45) is 11.8 Å². The number of hydrogen-bond acceptors (Lipinski definition) is 2. The van der Waals surface area contributed by atoms with E-state index in [2.05, 4.69) is 69.4 Å². The number of anilines is 1. The van der Waals surface area contributed by atoms with Gasteiger partial charge in [-0.05, 0) is 65.6 Å². The second-order valence-electron chi connectivity index (χ2n) is 8.76. The second kappa shape index (κ2) is 6.33. The Morgan fingerprint density at radius 3 is 2.45 bits per heavy atom. The monoisotopic (exact) mass is 447 g/mol. The lowest BCUT2D eigenvalue weighted by molar-refractivity contribution is 0.0696. The fourth-order valence-corrected chi connectivity index (χ4v) is 6.40. The van der Waals surface area contributed by atoms with Crippen molar-refractivity contribution in [3.8, 4) is 0 Å². The largest absolute Gasteiger partial charge is 0.478 e. The molecule has 0 amide bonds.